The van der Waals surface area contributed by atoms with Crippen LogP contribution >= 0.6 is 27.5 Å². The zero-order chi connectivity index (χ0) is 14.9. The van der Waals surface area contributed by atoms with E-state index in [2.05, 4.69) is 15.9 Å². The third-order valence-corrected chi connectivity index (χ3v) is 3.76. The first-order chi connectivity index (χ1) is 9.40. The average molecular weight is 362 g/mol. The number of ether oxygens (including phenoxy) is 1. The van der Waals surface area contributed by atoms with E-state index < -0.39 is 11.6 Å². The summed E-state index contributed by atoms with van der Waals surface area (Å²) in [7, 11) is 0. The van der Waals surface area contributed by atoms with Gasteiger partial charge in [0.05, 0.1) is 10.0 Å². The van der Waals surface area contributed by atoms with Crippen LogP contribution in [0.1, 0.15) is 16.7 Å². The van der Waals surface area contributed by atoms with E-state index in [0.717, 1.165) is 11.1 Å². The Bertz CT molecular complexity index is 636. The van der Waals surface area contributed by atoms with Crippen molar-refractivity contribution in [2.75, 3.05) is 0 Å². The zero-order valence-electron chi connectivity index (χ0n) is 10.9. The number of aryl methyl sites for hydroxylation is 2. The van der Waals surface area contributed by atoms with Gasteiger partial charge in [-0.3, -0.25) is 0 Å². The summed E-state index contributed by atoms with van der Waals surface area (Å²) in [4.78, 5) is 0. The minimum Gasteiger partial charge on any atom is -0.488 e. The fraction of sp³-hybridized carbons (Fsp3) is 0.200. The Morgan fingerprint density at radius 1 is 1.15 bits per heavy atom. The summed E-state index contributed by atoms with van der Waals surface area (Å²) in [5.74, 6) is -0.683. The van der Waals surface area contributed by atoms with Crippen LogP contribution in [0, 0.1) is 25.5 Å². The minimum absolute atomic E-state index is 0.104. The van der Waals surface area contributed by atoms with Crippen molar-refractivity contribution in [1.29, 1.82) is 0 Å². The second-order valence-electron chi connectivity index (χ2n) is 4.48. The molecule has 0 unspecified atom stereocenters. The summed E-state index contributed by atoms with van der Waals surface area (Å²) < 4.78 is 33.3. The van der Waals surface area contributed by atoms with Crippen LogP contribution in [-0.4, -0.2) is 0 Å². The van der Waals surface area contributed by atoms with Crippen LogP contribution < -0.4 is 4.74 Å². The molecule has 0 N–H and O–H groups in total. The molecule has 0 bridgehead atoms. The smallest absolute Gasteiger partial charge is 0.146 e. The Balaban J connectivity index is 2.28. The second-order valence-corrected chi connectivity index (χ2v) is 5.77. The first kappa shape index (κ1) is 15.3. The Kier molecular flexibility index (Phi) is 4.66. The van der Waals surface area contributed by atoms with Crippen LogP contribution in [0.3, 0.4) is 0 Å². The van der Waals surface area contributed by atoms with E-state index in [4.69, 9.17) is 16.3 Å². The van der Waals surface area contributed by atoms with Crippen molar-refractivity contribution in [3.05, 3.63) is 62.1 Å². The van der Waals surface area contributed by atoms with Crippen molar-refractivity contribution in [2.45, 2.75) is 20.5 Å². The minimum atomic E-state index is -0.644. The van der Waals surface area contributed by atoms with Gasteiger partial charge in [-0.05, 0) is 65.2 Å². The van der Waals surface area contributed by atoms with Crippen LogP contribution in [-0.2, 0) is 6.61 Å². The largest absolute Gasteiger partial charge is 0.488 e. The van der Waals surface area contributed by atoms with E-state index in [1.807, 2.05) is 13.8 Å². The molecular formula is C15H12BrClF2O. The van der Waals surface area contributed by atoms with Crippen molar-refractivity contribution >= 4 is 27.5 Å². The van der Waals surface area contributed by atoms with Crippen molar-refractivity contribution in [3.63, 3.8) is 0 Å². The summed E-state index contributed by atoms with van der Waals surface area (Å²) in [6, 6.07) is 6.02. The zero-order valence-corrected chi connectivity index (χ0v) is 13.3. The van der Waals surface area contributed by atoms with Crippen LogP contribution in [0.4, 0.5) is 8.78 Å². The molecule has 106 valence electrons. The highest BCUT2D eigenvalue weighted by atomic mass is 79.9. The SMILES string of the molecule is Cc1cc(Cl)cc(C)c1OCc1c(F)ccc(Br)c1F. The van der Waals surface area contributed by atoms with E-state index >= 15 is 0 Å². The van der Waals surface area contributed by atoms with Gasteiger partial charge in [0.2, 0.25) is 0 Å². The molecule has 0 heterocycles. The summed E-state index contributed by atoms with van der Waals surface area (Å²) >= 11 is 8.96. The lowest BCUT2D eigenvalue weighted by Gasteiger charge is -2.14. The molecule has 0 saturated heterocycles. The second kappa shape index (κ2) is 6.10. The van der Waals surface area contributed by atoms with Gasteiger partial charge in [-0.2, -0.15) is 0 Å². The molecule has 0 saturated carbocycles. The molecule has 0 aliphatic heterocycles. The molecule has 0 fully saturated rings. The molecule has 20 heavy (non-hydrogen) atoms. The Hall–Kier alpha value is -1.13. The standard InChI is InChI=1S/C15H12BrClF2O/c1-8-5-10(17)6-9(2)15(8)20-7-11-13(18)4-3-12(16)14(11)19/h3-6H,7H2,1-2H3. The summed E-state index contributed by atoms with van der Waals surface area (Å²) in [5.41, 5.74) is 1.55. The third kappa shape index (κ3) is 3.13. The molecule has 2 aromatic rings. The van der Waals surface area contributed by atoms with Gasteiger partial charge in [-0.15, -0.1) is 0 Å². The topological polar surface area (TPSA) is 9.23 Å². The maximum atomic E-state index is 13.8. The predicted octanol–water partition coefficient (Wildman–Crippen LogP) is 5.58. The van der Waals surface area contributed by atoms with Crippen LogP contribution in [0.5, 0.6) is 5.75 Å². The normalized spacial score (nSPS) is 10.7. The predicted molar refractivity (Wildman–Crippen MR) is 79.3 cm³/mol. The van der Waals surface area contributed by atoms with E-state index in [9.17, 15) is 8.78 Å². The summed E-state index contributed by atoms with van der Waals surface area (Å²) in [6.07, 6.45) is 0. The van der Waals surface area contributed by atoms with Crippen LogP contribution in [0.15, 0.2) is 28.7 Å². The molecule has 5 heteroatoms. The quantitative estimate of drug-likeness (QED) is 0.649. The fourth-order valence-electron chi connectivity index (χ4n) is 1.97. The Morgan fingerprint density at radius 3 is 2.35 bits per heavy atom. The molecule has 0 atom stereocenters. The average Bonchev–Trinajstić information content (AvgIpc) is 2.36. The number of benzene rings is 2. The number of rotatable bonds is 3. The molecule has 0 spiro atoms. The van der Waals surface area contributed by atoms with Crippen molar-refractivity contribution in [2.24, 2.45) is 0 Å². The van der Waals surface area contributed by atoms with Crippen molar-refractivity contribution in [3.8, 4) is 5.75 Å². The summed E-state index contributed by atoms with van der Waals surface area (Å²) in [6.45, 7) is 3.49. The lowest BCUT2D eigenvalue weighted by molar-refractivity contribution is 0.288. The van der Waals surface area contributed by atoms with Gasteiger partial charge in [-0.25, -0.2) is 8.78 Å². The molecule has 0 aromatic heterocycles. The Labute approximate surface area is 129 Å². The molecule has 2 rings (SSSR count). The van der Waals surface area contributed by atoms with Crippen LogP contribution in [0.25, 0.3) is 0 Å². The molecule has 0 radical (unpaired) electrons. The maximum absolute atomic E-state index is 13.8. The molecule has 0 amide bonds. The van der Waals surface area contributed by atoms with Crippen molar-refractivity contribution in [1.82, 2.24) is 0 Å². The fourth-order valence-corrected chi connectivity index (χ4v) is 2.67. The van der Waals surface area contributed by atoms with E-state index in [-0.39, 0.29) is 16.6 Å². The van der Waals surface area contributed by atoms with E-state index in [1.165, 1.54) is 12.1 Å². The number of hydrogen-bond acceptors (Lipinski definition) is 1. The monoisotopic (exact) mass is 360 g/mol. The highest BCUT2D eigenvalue weighted by Gasteiger charge is 2.14. The van der Waals surface area contributed by atoms with Gasteiger partial charge in [0.25, 0.3) is 0 Å². The van der Waals surface area contributed by atoms with Crippen molar-refractivity contribution < 1.29 is 13.5 Å². The van der Waals surface area contributed by atoms with Gasteiger partial charge >= 0.3 is 0 Å². The first-order valence-corrected chi connectivity index (χ1v) is 7.09. The lowest BCUT2D eigenvalue weighted by Crippen LogP contribution is -2.04. The Morgan fingerprint density at radius 2 is 1.75 bits per heavy atom. The van der Waals surface area contributed by atoms with Crippen LogP contribution in [0.2, 0.25) is 5.02 Å². The molecule has 0 aliphatic carbocycles. The third-order valence-electron chi connectivity index (χ3n) is 2.92. The first-order valence-electron chi connectivity index (χ1n) is 5.92. The highest BCUT2D eigenvalue weighted by Crippen LogP contribution is 2.29. The molecule has 2 aromatic carbocycles. The number of halogens is 4. The molecule has 0 aliphatic rings. The maximum Gasteiger partial charge on any atom is 0.146 e. The molecule has 1 nitrogen and oxygen atoms in total. The molecular weight excluding hydrogens is 350 g/mol. The van der Waals surface area contributed by atoms with E-state index in [0.29, 0.717) is 10.8 Å². The van der Waals surface area contributed by atoms with Gasteiger partial charge in [0, 0.05) is 5.02 Å². The van der Waals surface area contributed by atoms with Gasteiger partial charge in [0.15, 0.2) is 0 Å². The van der Waals surface area contributed by atoms with E-state index in [1.54, 1.807) is 12.1 Å². The van der Waals surface area contributed by atoms with Gasteiger partial charge in [0.1, 0.15) is 24.0 Å². The van der Waals surface area contributed by atoms with Gasteiger partial charge < -0.3 is 4.74 Å². The number of hydrogen-bond donors (Lipinski definition) is 0. The summed E-state index contributed by atoms with van der Waals surface area (Å²) in [5, 5.41) is 0.604. The lowest BCUT2D eigenvalue weighted by atomic mass is 10.1. The highest BCUT2D eigenvalue weighted by molar-refractivity contribution is 9.10. The van der Waals surface area contributed by atoms with Gasteiger partial charge in [-0.1, -0.05) is 11.6 Å².